The minimum Gasteiger partial charge on any atom is -0.396 e. The summed E-state index contributed by atoms with van der Waals surface area (Å²) in [5.41, 5.74) is 1.07. The summed E-state index contributed by atoms with van der Waals surface area (Å²) in [6.45, 7) is 7.45. The Balaban J connectivity index is 2.41. The summed E-state index contributed by atoms with van der Waals surface area (Å²) < 4.78 is 0. The quantitative estimate of drug-likeness (QED) is 0.690. The average molecular weight is 170 g/mol. The molecule has 72 valence electrons. The van der Waals surface area contributed by atoms with Crippen LogP contribution in [0.2, 0.25) is 0 Å². The Morgan fingerprint density at radius 3 is 2.25 bits per heavy atom. The van der Waals surface area contributed by atoms with Crippen LogP contribution in [0, 0.1) is 10.8 Å². The molecule has 1 heteroatoms. The summed E-state index contributed by atoms with van der Waals surface area (Å²) >= 11 is 0. The zero-order valence-corrected chi connectivity index (χ0v) is 8.69. The van der Waals surface area contributed by atoms with Gasteiger partial charge in [0.2, 0.25) is 0 Å². The summed E-state index contributed by atoms with van der Waals surface area (Å²) in [6, 6.07) is 0. The number of aliphatic hydroxyl groups is 1. The van der Waals surface area contributed by atoms with Crippen LogP contribution in [0.4, 0.5) is 0 Å². The standard InChI is InChI=1S/C11H22O/c1-10(2)6-7-11(3,9-10)5-4-8-12/h12H,4-9H2,1-3H3. The van der Waals surface area contributed by atoms with E-state index in [-0.39, 0.29) is 0 Å². The maximum Gasteiger partial charge on any atom is 0.0431 e. The van der Waals surface area contributed by atoms with E-state index in [1.165, 1.54) is 25.7 Å². The lowest BCUT2D eigenvalue weighted by molar-refractivity contribution is 0.215. The SMILES string of the molecule is CC1(C)CCC(C)(CCCO)C1. The van der Waals surface area contributed by atoms with Crippen LogP contribution in [0.3, 0.4) is 0 Å². The molecule has 0 aromatic heterocycles. The van der Waals surface area contributed by atoms with E-state index in [4.69, 9.17) is 5.11 Å². The minimum absolute atomic E-state index is 0.357. The Kier molecular flexibility index (Phi) is 2.82. The monoisotopic (exact) mass is 170 g/mol. The van der Waals surface area contributed by atoms with Gasteiger partial charge < -0.3 is 5.11 Å². The van der Waals surface area contributed by atoms with Crippen molar-refractivity contribution in [2.75, 3.05) is 6.61 Å². The highest BCUT2D eigenvalue weighted by Crippen LogP contribution is 2.50. The molecule has 1 nitrogen and oxygen atoms in total. The molecule has 0 aliphatic heterocycles. The molecule has 0 aromatic rings. The average Bonchev–Trinajstić information content (AvgIpc) is 2.23. The highest BCUT2D eigenvalue weighted by molar-refractivity contribution is 4.90. The van der Waals surface area contributed by atoms with E-state index in [2.05, 4.69) is 20.8 Å². The van der Waals surface area contributed by atoms with Crippen LogP contribution < -0.4 is 0 Å². The van der Waals surface area contributed by atoms with Gasteiger partial charge in [-0.1, -0.05) is 20.8 Å². The Labute approximate surface area is 76.2 Å². The van der Waals surface area contributed by atoms with Gasteiger partial charge in [-0.05, 0) is 42.9 Å². The number of hydrogen-bond donors (Lipinski definition) is 1. The first-order valence-corrected chi connectivity index (χ1v) is 5.08. The van der Waals surface area contributed by atoms with Crippen LogP contribution in [-0.2, 0) is 0 Å². The van der Waals surface area contributed by atoms with Gasteiger partial charge in [0.25, 0.3) is 0 Å². The minimum atomic E-state index is 0.357. The Hall–Kier alpha value is -0.0400. The molecule has 1 fully saturated rings. The molecule has 1 unspecified atom stereocenters. The van der Waals surface area contributed by atoms with Gasteiger partial charge in [0.15, 0.2) is 0 Å². The second-order valence-corrected chi connectivity index (χ2v) is 5.48. The van der Waals surface area contributed by atoms with E-state index < -0.39 is 0 Å². The molecule has 0 aromatic carbocycles. The van der Waals surface area contributed by atoms with Gasteiger partial charge >= 0.3 is 0 Å². The summed E-state index contributed by atoms with van der Waals surface area (Å²) in [7, 11) is 0. The smallest absolute Gasteiger partial charge is 0.0431 e. The maximum atomic E-state index is 8.77. The lowest BCUT2D eigenvalue weighted by Gasteiger charge is -2.26. The molecule has 0 heterocycles. The van der Waals surface area contributed by atoms with E-state index >= 15 is 0 Å². The summed E-state index contributed by atoms with van der Waals surface area (Å²) in [5.74, 6) is 0. The number of aliphatic hydroxyl groups excluding tert-OH is 1. The van der Waals surface area contributed by atoms with Crippen LogP contribution in [0.5, 0.6) is 0 Å². The van der Waals surface area contributed by atoms with E-state index in [1.807, 2.05) is 0 Å². The van der Waals surface area contributed by atoms with Crippen molar-refractivity contribution >= 4 is 0 Å². The summed E-state index contributed by atoms with van der Waals surface area (Å²) in [4.78, 5) is 0. The lowest BCUT2D eigenvalue weighted by Crippen LogP contribution is -2.15. The second kappa shape index (κ2) is 3.37. The van der Waals surface area contributed by atoms with Crippen LogP contribution in [0.25, 0.3) is 0 Å². The molecule has 0 saturated heterocycles. The van der Waals surface area contributed by atoms with Gasteiger partial charge in [-0.25, -0.2) is 0 Å². The van der Waals surface area contributed by atoms with Crippen LogP contribution >= 0.6 is 0 Å². The zero-order chi connectivity index (χ0) is 9.24. The molecular weight excluding hydrogens is 148 g/mol. The third kappa shape index (κ3) is 2.48. The highest BCUT2D eigenvalue weighted by Gasteiger charge is 2.38. The van der Waals surface area contributed by atoms with Crippen molar-refractivity contribution in [3.05, 3.63) is 0 Å². The molecule has 0 bridgehead atoms. The second-order valence-electron chi connectivity index (χ2n) is 5.48. The fourth-order valence-electron chi connectivity index (χ4n) is 2.69. The Morgan fingerprint density at radius 2 is 1.83 bits per heavy atom. The van der Waals surface area contributed by atoms with Gasteiger partial charge in [-0.15, -0.1) is 0 Å². The fourth-order valence-corrected chi connectivity index (χ4v) is 2.69. The van der Waals surface area contributed by atoms with Crippen molar-refractivity contribution in [3.63, 3.8) is 0 Å². The first-order chi connectivity index (χ1) is 5.47. The Morgan fingerprint density at radius 1 is 1.17 bits per heavy atom. The third-order valence-electron chi connectivity index (χ3n) is 3.25. The third-order valence-corrected chi connectivity index (χ3v) is 3.25. The number of rotatable bonds is 3. The van der Waals surface area contributed by atoms with E-state index in [0.717, 1.165) is 6.42 Å². The van der Waals surface area contributed by atoms with Gasteiger partial charge in [-0.2, -0.15) is 0 Å². The molecule has 1 atom stereocenters. The largest absolute Gasteiger partial charge is 0.396 e. The van der Waals surface area contributed by atoms with Crippen molar-refractivity contribution in [2.45, 2.75) is 52.9 Å². The van der Waals surface area contributed by atoms with Crippen LogP contribution in [0.15, 0.2) is 0 Å². The first kappa shape index (κ1) is 10.0. The van der Waals surface area contributed by atoms with Crippen LogP contribution in [0.1, 0.15) is 52.9 Å². The van der Waals surface area contributed by atoms with Crippen molar-refractivity contribution < 1.29 is 5.11 Å². The van der Waals surface area contributed by atoms with Gasteiger partial charge in [-0.3, -0.25) is 0 Å². The molecular formula is C11H22O. The first-order valence-electron chi connectivity index (χ1n) is 5.08. The summed E-state index contributed by atoms with van der Waals surface area (Å²) in [5, 5.41) is 8.77. The van der Waals surface area contributed by atoms with Gasteiger partial charge in [0.05, 0.1) is 0 Å². The number of hydrogen-bond acceptors (Lipinski definition) is 1. The molecule has 0 radical (unpaired) electrons. The maximum absolute atomic E-state index is 8.77. The molecule has 1 N–H and O–H groups in total. The molecule has 0 amide bonds. The van der Waals surface area contributed by atoms with Crippen molar-refractivity contribution in [3.8, 4) is 0 Å². The predicted octanol–water partition coefficient (Wildman–Crippen LogP) is 2.98. The normalized spacial score (nSPS) is 34.0. The Bertz CT molecular complexity index is 151. The van der Waals surface area contributed by atoms with Crippen LogP contribution in [-0.4, -0.2) is 11.7 Å². The van der Waals surface area contributed by atoms with E-state index in [9.17, 15) is 0 Å². The van der Waals surface area contributed by atoms with Crippen molar-refractivity contribution in [1.82, 2.24) is 0 Å². The summed E-state index contributed by atoms with van der Waals surface area (Å²) in [6.07, 6.45) is 6.22. The molecule has 1 saturated carbocycles. The van der Waals surface area contributed by atoms with Crippen molar-refractivity contribution in [1.29, 1.82) is 0 Å². The molecule has 0 spiro atoms. The van der Waals surface area contributed by atoms with E-state index in [1.54, 1.807) is 0 Å². The van der Waals surface area contributed by atoms with Gasteiger partial charge in [0.1, 0.15) is 0 Å². The molecule has 1 aliphatic rings. The van der Waals surface area contributed by atoms with E-state index in [0.29, 0.717) is 17.4 Å². The molecule has 12 heavy (non-hydrogen) atoms. The fraction of sp³-hybridized carbons (Fsp3) is 1.00. The topological polar surface area (TPSA) is 20.2 Å². The van der Waals surface area contributed by atoms with Gasteiger partial charge in [0, 0.05) is 6.61 Å². The molecule has 1 rings (SSSR count). The highest BCUT2D eigenvalue weighted by atomic mass is 16.2. The predicted molar refractivity (Wildman–Crippen MR) is 52.1 cm³/mol. The van der Waals surface area contributed by atoms with Crippen molar-refractivity contribution in [2.24, 2.45) is 10.8 Å². The molecule has 1 aliphatic carbocycles. The zero-order valence-electron chi connectivity index (χ0n) is 8.69. The lowest BCUT2D eigenvalue weighted by atomic mass is 9.80.